The molecule has 1 aliphatic carbocycles. The molecule has 0 spiro atoms. The van der Waals surface area contributed by atoms with Crippen molar-refractivity contribution in [3.8, 4) is 0 Å². The van der Waals surface area contributed by atoms with E-state index in [0.717, 1.165) is 45.2 Å². The second-order valence-corrected chi connectivity index (χ2v) is 6.80. The SMILES string of the molecule is CC1CCC(NC(=O)N2CCCC(C)C2)(C(=N)N)CC1. The van der Waals surface area contributed by atoms with E-state index in [1.54, 1.807) is 0 Å². The molecule has 0 bridgehead atoms. The van der Waals surface area contributed by atoms with Crippen molar-refractivity contribution < 1.29 is 4.79 Å². The monoisotopic (exact) mass is 280 g/mol. The van der Waals surface area contributed by atoms with E-state index in [1.165, 1.54) is 6.42 Å². The number of nitrogens with one attached hydrogen (secondary N) is 2. The van der Waals surface area contributed by atoms with Crippen LogP contribution in [0, 0.1) is 17.2 Å². The molecule has 2 rings (SSSR count). The molecule has 2 fully saturated rings. The Morgan fingerprint density at radius 1 is 1.25 bits per heavy atom. The van der Waals surface area contributed by atoms with Crippen LogP contribution in [0.25, 0.3) is 0 Å². The quantitative estimate of drug-likeness (QED) is 0.536. The standard InChI is InChI=1S/C15H28N4O/c1-11-5-7-15(8-6-11,13(16)17)18-14(20)19-9-3-4-12(2)10-19/h11-12H,3-10H2,1-2H3,(H3,16,17)(H,18,20). The number of amides is 2. The molecule has 0 aromatic rings. The minimum absolute atomic E-state index is 0.0405. The highest BCUT2D eigenvalue weighted by molar-refractivity contribution is 5.92. The Bertz CT molecular complexity index is 374. The number of hydrogen-bond acceptors (Lipinski definition) is 2. The molecule has 20 heavy (non-hydrogen) atoms. The van der Waals surface area contributed by atoms with E-state index in [1.807, 2.05) is 4.90 Å². The Labute approximate surface area is 121 Å². The van der Waals surface area contributed by atoms with E-state index in [0.29, 0.717) is 11.8 Å². The lowest BCUT2D eigenvalue weighted by atomic mass is 9.76. The van der Waals surface area contributed by atoms with Crippen LogP contribution in [-0.4, -0.2) is 35.4 Å². The molecule has 1 unspecified atom stereocenters. The van der Waals surface area contributed by atoms with Crippen LogP contribution < -0.4 is 11.1 Å². The Hall–Kier alpha value is -1.26. The average Bonchev–Trinajstić information content (AvgIpc) is 2.41. The van der Waals surface area contributed by atoms with Gasteiger partial charge in [-0.1, -0.05) is 13.8 Å². The summed E-state index contributed by atoms with van der Waals surface area (Å²) in [7, 11) is 0. The van der Waals surface area contributed by atoms with Crippen LogP contribution >= 0.6 is 0 Å². The number of carbonyl (C=O) groups is 1. The average molecular weight is 280 g/mol. The number of nitrogens with two attached hydrogens (primary N) is 1. The van der Waals surface area contributed by atoms with Gasteiger partial charge in [0, 0.05) is 13.1 Å². The summed E-state index contributed by atoms with van der Waals surface area (Å²) in [6.07, 6.45) is 5.89. The highest BCUT2D eigenvalue weighted by atomic mass is 16.2. The number of carbonyl (C=O) groups excluding carboxylic acids is 1. The highest BCUT2D eigenvalue weighted by Crippen LogP contribution is 2.32. The summed E-state index contributed by atoms with van der Waals surface area (Å²) >= 11 is 0. The number of nitrogens with zero attached hydrogens (tertiary/aromatic N) is 1. The maximum atomic E-state index is 12.5. The Morgan fingerprint density at radius 2 is 1.90 bits per heavy atom. The van der Waals surface area contributed by atoms with Crippen molar-refractivity contribution in [2.45, 2.75) is 57.9 Å². The molecule has 2 aliphatic rings. The van der Waals surface area contributed by atoms with Crippen molar-refractivity contribution in [2.24, 2.45) is 17.6 Å². The number of hydrogen-bond donors (Lipinski definition) is 3. The van der Waals surface area contributed by atoms with Crippen LogP contribution in [-0.2, 0) is 0 Å². The van der Waals surface area contributed by atoms with E-state index in [4.69, 9.17) is 11.1 Å². The van der Waals surface area contributed by atoms with Crippen LogP contribution in [0.15, 0.2) is 0 Å². The number of piperidine rings is 1. The van der Waals surface area contributed by atoms with Crippen molar-refractivity contribution >= 4 is 11.9 Å². The first kappa shape index (κ1) is 15.1. The van der Waals surface area contributed by atoms with Crippen LogP contribution in [0.4, 0.5) is 4.79 Å². The second kappa shape index (κ2) is 6.02. The third kappa shape index (κ3) is 3.25. The number of rotatable bonds is 2. The largest absolute Gasteiger partial charge is 0.386 e. The van der Waals surface area contributed by atoms with Gasteiger partial charge >= 0.3 is 6.03 Å². The van der Waals surface area contributed by atoms with Gasteiger partial charge in [0.1, 0.15) is 5.84 Å². The fourth-order valence-corrected chi connectivity index (χ4v) is 3.37. The number of likely N-dealkylation sites (tertiary alicyclic amines) is 1. The Kier molecular flexibility index (Phi) is 4.55. The molecule has 1 saturated heterocycles. The molecule has 1 aliphatic heterocycles. The van der Waals surface area contributed by atoms with Crippen LogP contribution in [0.5, 0.6) is 0 Å². The van der Waals surface area contributed by atoms with Gasteiger partial charge in [0.2, 0.25) is 0 Å². The predicted molar refractivity (Wildman–Crippen MR) is 80.8 cm³/mol. The second-order valence-electron chi connectivity index (χ2n) is 6.80. The maximum Gasteiger partial charge on any atom is 0.318 e. The Morgan fingerprint density at radius 3 is 2.45 bits per heavy atom. The minimum Gasteiger partial charge on any atom is -0.386 e. The topological polar surface area (TPSA) is 82.2 Å². The summed E-state index contributed by atoms with van der Waals surface area (Å²) in [4.78, 5) is 14.4. The lowest BCUT2D eigenvalue weighted by Gasteiger charge is -2.41. The third-order valence-electron chi connectivity index (χ3n) is 4.93. The zero-order chi connectivity index (χ0) is 14.8. The number of amidine groups is 1. The first-order valence-electron chi connectivity index (χ1n) is 7.84. The molecule has 114 valence electrons. The molecule has 1 atom stereocenters. The first-order valence-corrected chi connectivity index (χ1v) is 7.84. The summed E-state index contributed by atoms with van der Waals surface area (Å²) in [5.74, 6) is 1.34. The van der Waals surface area contributed by atoms with Gasteiger partial charge in [-0.2, -0.15) is 0 Å². The molecule has 4 N–H and O–H groups in total. The van der Waals surface area contributed by atoms with Crippen molar-refractivity contribution in [1.82, 2.24) is 10.2 Å². The van der Waals surface area contributed by atoms with Gasteiger partial charge < -0.3 is 16.0 Å². The summed E-state index contributed by atoms with van der Waals surface area (Å²) in [5, 5.41) is 11.0. The first-order chi connectivity index (χ1) is 9.43. The lowest BCUT2D eigenvalue weighted by Crippen LogP contribution is -2.61. The molecule has 5 heteroatoms. The summed E-state index contributed by atoms with van der Waals surface area (Å²) in [6.45, 7) is 6.04. The normalized spacial score (nSPS) is 34.6. The van der Waals surface area contributed by atoms with E-state index in [-0.39, 0.29) is 11.9 Å². The molecule has 0 aromatic heterocycles. The van der Waals surface area contributed by atoms with Gasteiger partial charge in [-0.15, -0.1) is 0 Å². The zero-order valence-corrected chi connectivity index (χ0v) is 12.7. The molecule has 1 saturated carbocycles. The number of urea groups is 1. The van der Waals surface area contributed by atoms with Crippen molar-refractivity contribution in [3.05, 3.63) is 0 Å². The summed E-state index contributed by atoms with van der Waals surface area (Å²) in [5.41, 5.74) is 5.20. The van der Waals surface area contributed by atoms with Crippen molar-refractivity contribution in [3.63, 3.8) is 0 Å². The third-order valence-corrected chi connectivity index (χ3v) is 4.93. The van der Waals surface area contributed by atoms with Gasteiger partial charge in [0.25, 0.3) is 0 Å². The molecule has 1 heterocycles. The molecular formula is C15H28N4O. The molecule has 2 amide bonds. The van der Waals surface area contributed by atoms with E-state index in [9.17, 15) is 4.79 Å². The highest BCUT2D eigenvalue weighted by Gasteiger charge is 2.39. The summed E-state index contributed by atoms with van der Waals surface area (Å²) < 4.78 is 0. The lowest BCUT2D eigenvalue weighted by molar-refractivity contribution is 0.155. The van der Waals surface area contributed by atoms with Crippen LogP contribution in [0.1, 0.15) is 52.4 Å². The molecule has 5 nitrogen and oxygen atoms in total. The van der Waals surface area contributed by atoms with Gasteiger partial charge in [-0.3, -0.25) is 5.41 Å². The van der Waals surface area contributed by atoms with Crippen molar-refractivity contribution in [1.29, 1.82) is 5.41 Å². The predicted octanol–water partition coefficient (Wildman–Crippen LogP) is 2.31. The summed E-state index contributed by atoms with van der Waals surface area (Å²) in [6, 6.07) is -0.0405. The van der Waals surface area contributed by atoms with E-state index >= 15 is 0 Å². The van der Waals surface area contributed by atoms with E-state index < -0.39 is 5.54 Å². The molecular weight excluding hydrogens is 252 g/mol. The van der Waals surface area contributed by atoms with Gasteiger partial charge in [0.15, 0.2) is 0 Å². The fourth-order valence-electron chi connectivity index (χ4n) is 3.37. The van der Waals surface area contributed by atoms with Gasteiger partial charge in [-0.25, -0.2) is 4.79 Å². The van der Waals surface area contributed by atoms with Gasteiger partial charge in [0.05, 0.1) is 5.54 Å². The maximum absolute atomic E-state index is 12.5. The fraction of sp³-hybridized carbons (Fsp3) is 0.867. The zero-order valence-electron chi connectivity index (χ0n) is 12.7. The van der Waals surface area contributed by atoms with Crippen LogP contribution in [0.3, 0.4) is 0 Å². The van der Waals surface area contributed by atoms with E-state index in [2.05, 4.69) is 19.2 Å². The molecule has 0 radical (unpaired) electrons. The molecule has 0 aromatic carbocycles. The van der Waals surface area contributed by atoms with Crippen molar-refractivity contribution in [2.75, 3.05) is 13.1 Å². The van der Waals surface area contributed by atoms with Gasteiger partial charge in [-0.05, 0) is 50.4 Å². The Balaban J connectivity index is 2.01. The van der Waals surface area contributed by atoms with Crippen LogP contribution in [0.2, 0.25) is 0 Å². The smallest absolute Gasteiger partial charge is 0.318 e. The minimum atomic E-state index is -0.607.